The van der Waals surface area contributed by atoms with Crippen molar-refractivity contribution in [3.8, 4) is 0 Å². The molecule has 3 rings (SSSR count). The number of nitrogens with zero attached hydrogens (tertiary/aromatic N) is 3. The second-order valence-corrected chi connectivity index (χ2v) is 6.37. The van der Waals surface area contributed by atoms with Gasteiger partial charge in [-0.15, -0.1) is 0 Å². The Bertz CT molecular complexity index is 669. The zero-order valence-corrected chi connectivity index (χ0v) is 13.9. The Kier molecular flexibility index (Phi) is 4.96. The van der Waals surface area contributed by atoms with Gasteiger partial charge in [0.25, 0.3) is 0 Å². The summed E-state index contributed by atoms with van der Waals surface area (Å²) >= 11 is 5.91. The maximum Gasteiger partial charge on any atom is 0.231 e. The minimum atomic E-state index is 0.123. The molecular weight excluding hydrogens is 314 g/mol. The Balaban J connectivity index is 1.68. The van der Waals surface area contributed by atoms with Crippen LogP contribution < -0.4 is 0 Å². The number of hydrogen-bond acceptors (Lipinski definition) is 4. The summed E-state index contributed by atoms with van der Waals surface area (Å²) in [6, 6.07) is 7.59. The van der Waals surface area contributed by atoms with Gasteiger partial charge in [-0.05, 0) is 30.5 Å². The van der Waals surface area contributed by atoms with Crippen LogP contribution in [0.15, 0.2) is 28.8 Å². The molecule has 1 aromatic carbocycles. The number of benzene rings is 1. The van der Waals surface area contributed by atoms with Gasteiger partial charge in [0.2, 0.25) is 11.8 Å². The van der Waals surface area contributed by atoms with Crippen molar-refractivity contribution in [1.82, 2.24) is 15.0 Å². The van der Waals surface area contributed by atoms with Crippen LogP contribution in [0.5, 0.6) is 0 Å². The van der Waals surface area contributed by atoms with Crippen LogP contribution in [0.2, 0.25) is 5.02 Å². The molecular formula is C17H20ClN3O2. The van der Waals surface area contributed by atoms with E-state index in [4.69, 9.17) is 16.1 Å². The maximum absolute atomic E-state index is 12.2. The molecule has 1 fully saturated rings. The number of amides is 1. The first-order chi connectivity index (χ1) is 11.2. The van der Waals surface area contributed by atoms with Gasteiger partial charge in [0.05, 0.1) is 5.92 Å². The Morgan fingerprint density at radius 3 is 2.87 bits per heavy atom. The summed E-state index contributed by atoms with van der Waals surface area (Å²) in [6.45, 7) is 3.29. The number of carbonyl (C=O) groups is 1. The first-order valence-corrected chi connectivity index (χ1v) is 8.38. The fraction of sp³-hybridized carbons (Fsp3) is 0.471. The lowest BCUT2D eigenvalue weighted by Crippen LogP contribution is -2.38. The molecule has 6 heteroatoms. The van der Waals surface area contributed by atoms with Crippen LogP contribution in [0.4, 0.5) is 0 Å². The molecule has 23 heavy (non-hydrogen) atoms. The van der Waals surface area contributed by atoms with Gasteiger partial charge in [-0.3, -0.25) is 4.79 Å². The van der Waals surface area contributed by atoms with Crippen LogP contribution in [-0.2, 0) is 17.8 Å². The number of aryl methyl sites for hydroxylation is 1. The van der Waals surface area contributed by atoms with E-state index in [1.165, 1.54) is 0 Å². The molecule has 0 bridgehead atoms. The van der Waals surface area contributed by atoms with E-state index < -0.39 is 0 Å². The van der Waals surface area contributed by atoms with Crippen molar-refractivity contribution in [3.63, 3.8) is 0 Å². The molecule has 0 unspecified atom stereocenters. The minimum Gasteiger partial charge on any atom is -0.339 e. The van der Waals surface area contributed by atoms with E-state index in [0.29, 0.717) is 30.4 Å². The van der Waals surface area contributed by atoms with Crippen LogP contribution in [-0.4, -0.2) is 27.5 Å². The van der Waals surface area contributed by atoms with E-state index in [1.54, 1.807) is 0 Å². The predicted octanol–water partition coefficient (Wildman–Crippen LogP) is 3.58. The quantitative estimate of drug-likeness (QED) is 0.839. The Morgan fingerprint density at radius 1 is 1.35 bits per heavy atom. The van der Waals surface area contributed by atoms with Gasteiger partial charge in [0.1, 0.15) is 0 Å². The van der Waals surface area contributed by atoms with Gasteiger partial charge >= 0.3 is 0 Å². The largest absolute Gasteiger partial charge is 0.339 e. The number of rotatable bonds is 5. The number of likely N-dealkylation sites (tertiary alicyclic amines) is 1. The third kappa shape index (κ3) is 3.91. The summed E-state index contributed by atoms with van der Waals surface area (Å²) in [6.07, 6.45) is 3.10. The number of halogens is 1. The Hall–Kier alpha value is -1.88. The lowest BCUT2D eigenvalue weighted by atomic mass is 9.97. The molecule has 0 N–H and O–H groups in total. The normalized spacial score (nSPS) is 18.4. The van der Waals surface area contributed by atoms with Crippen LogP contribution in [0.3, 0.4) is 0 Å². The maximum atomic E-state index is 12.2. The highest BCUT2D eigenvalue weighted by Gasteiger charge is 2.30. The van der Waals surface area contributed by atoms with Crippen molar-refractivity contribution in [3.05, 3.63) is 46.6 Å². The third-order valence-corrected chi connectivity index (χ3v) is 4.35. The molecule has 1 aromatic heterocycles. The highest BCUT2D eigenvalue weighted by molar-refractivity contribution is 6.30. The topological polar surface area (TPSA) is 59.2 Å². The van der Waals surface area contributed by atoms with Gasteiger partial charge < -0.3 is 9.42 Å². The van der Waals surface area contributed by atoms with Crippen LogP contribution in [0.25, 0.3) is 0 Å². The molecule has 1 amide bonds. The zero-order chi connectivity index (χ0) is 16.2. The van der Waals surface area contributed by atoms with E-state index in [-0.39, 0.29) is 11.8 Å². The average molecular weight is 334 g/mol. The van der Waals surface area contributed by atoms with Crippen molar-refractivity contribution >= 4 is 17.5 Å². The van der Waals surface area contributed by atoms with E-state index in [0.717, 1.165) is 30.7 Å². The summed E-state index contributed by atoms with van der Waals surface area (Å²) in [5.74, 6) is 1.70. The van der Waals surface area contributed by atoms with Crippen LogP contribution in [0, 0.1) is 0 Å². The number of aromatic nitrogens is 2. The predicted molar refractivity (Wildman–Crippen MR) is 87.1 cm³/mol. The van der Waals surface area contributed by atoms with Gasteiger partial charge in [-0.25, -0.2) is 0 Å². The zero-order valence-electron chi connectivity index (χ0n) is 13.2. The molecule has 0 spiro atoms. The van der Waals surface area contributed by atoms with E-state index in [1.807, 2.05) is 29.2 Å². The highest BCUT2D eigenvalue weighted by Crippen LogP contribution is 2.27. The fourth-order valence-electron chi connectivity index (χ4n) is 2.84. The van der Waals surface area contributed by atoms with Crippen LogP contribution in [0.1, 0.15) is 49.4 Å². The summed E-state index contributed by atoms with van der Waals surface area (Å²) in [7, 11) is 0. The fourth-order valence-corrected chi connectivity index (χ4v) is 2.96. The molecule has 1 aliphatic heterocycles. The molecule has 122 valence electrons. The van der Waals surface area contributed by atoms with Crippen molar-refractivity contribution in [2.75, 3.05) is 6.54 Å². The third-order valence-electron chi connectivity index (χ3n) is 4.09. The first-order valence-electron chi connectivity index (χ1n) is 8.00. The van der Waals surface area contributed by atoms with Crippen molar-refractivity contribution < 1.29 is 9.32 Å². The van der Waals surface area contributed by atoms with Gasteiger partial charge in [-0.1, -0.05) is 35.8 Å². The minimum absolute atomic E-state index is 0.123. The van der Waals surface area contributed by atoms with Crippen molar-refractivity contribution in [2.45, 2.75) is 45.1 Å². The molecule has 1 atom stereocenters. The number of hydrogen-bond donors (Lipinski definition) is 0. The van der Waals surface area contributed by atoms with Gasteiger partial charge in [-0.2, -0.15) is 4.98 Å². The standard InChI is InChI=1S/C17H20ClN3O2/c1-2-3-15-19-17(23-20-15)13-6-9-16(22)21(11-13)10-12-4-7-14(18)8-5-12/h4-5,7-8,13H,2-3,6,9-11H2,1H3/t13-/m1/s1. The smallest absolute Gasteiger partial charge is 0.231 e. The monoisotopic (exact) mass is 333 g/mol. The van der Waals surface area contributed by atoms with Crippen molar-refractivity contribution in [1.29, 1.82) is 0 Å². The number of piperidine rings is 1. The van der Waals surface area contributed by atoms with E-state index in [9.17, 15) is 4.79 Å². The van der Waals surface area contributed by atoms with Gasteiger partial charge in [0.15, 0.2) is 5.82 Å². The SMILES string of the molecule is CCCc1noc([C@@H]2CCC(=O)N(Cc3ccc(Cl)cc3)C2)n1. The van der Waals surface area contributed by atoms with Gasteiger partial charge in [0, 0.05) is 31.0 Å². The Morgan fingerprint density at radius 2 is 2.13 bits per heavy atom. The number of carbonyl (C=O) groups excluding carboxylic acids is 1. The summed E-state index contributed by atoms with van der Waals surface area (Å²) in [5, 5.41) is 4.71. The second-order valence-electron chi connectivity index (χ2n) is 5.94. The molecule has 0 radical (unpaired) electrons. The lowest BCUT2D eigenvalue weighted by molar-refractivity contribution is -0.134. The van der Waals surface area contributed by atoms with E-state index in [2.05, 4.69) is 17.1 Å². The molecule has 5 nitrogen and oxygen atoms in total. The highest BCUT2D eigenvalue weighted by atomic mass is 35.5. The van der Waals surface area contributed by atoms with E-state index >= 15 is 0 Å². The average Bonchev–Trinajstić information content (AvgIpc) is 3.01. The van der Waals surface area contributed by atoms with Crippen LogP contribution >= 0.6 is 11.6 Å². The lowest BCUT2D eigenvalue weighted by Gasteiger charge is -2.31. The molecule has 2 heterocycles. The first kappa shape index (κ1) is 16.0. The summed E-state index contributed by atoms with van der Waals surface area (Å²) in [5.41, 5.74) is 1.07. The second kappa shape index (κ2) is 7.13. The molecule has 2 aromatic rings. The molecule has 0 saturated carbocycles. The van der Waals surface area contributed by atoms with Crippen molar-refractivity contribution in [2.24, 2.45) is 0 Å². The summed E-state index contributed by atoms with van der Waals surface area (Å²) in [4.78, 5) is 18.5. The Labute approximate surface area is 140 Å². The summed E-state index contributed by atoms with van der Waals surface area (Å²) < 4.78 is 5.39. The molecule has 1 saturated heterocycles. The molecule has 0 aliphatic carbocycles. The molecule has 1 aliphatic rings.